The molecular weight excluding hydrogens is 484 g/mol. The first-order valence-electron chi connectivity index (χ1n) is 12.9. The van der Waals surface area contributed by atoms with E-state index in [2.05, 4.69) is 5.32 Å². The van der Waals surface area contributed by atoms with Gasteiger partial charge >= 0.3 is 0 Å². The van der Waals surface area contributed by atoms with Crippen LogP contribution in [0.15, 0.2) is 83.8 Å². The van der Waals surface area contributed by atoms with Crippen LogP contribution in [0.5, 0.6) is 5.75 Å². The highest BCUT2D eigenvalue weighted by Crippen LogP contribution is 2.31. The summed E-state index contributed by atoms with van der Waals surface area (Å²) in [5, 5.41) is 3.08. The van der Waals surface area contributed by atoms with E-state index in [-0.39, 0.29) is 24.3 Å². The van der Waals surface area contributed by atoms with Crippen LogP contribution in [0.3, 0.4) is 0 Å². The molecule has 1 N–H and O–H groups in total. The summed E-state index contributed by atoms with van der Waals surface area (Å²) in [5.41, 5.74) is 3.20. The maximum absolute atomic E-state index is 13.6. The van der Waals surface area contributed by atoms with Crippen molar-refractivity contribution in [3.63, 3.8) is 0 Å². The molecule has 3 aromatic carbocycles. The molecule has 1 fully saturated rings. The van der Waals surface area contributed by atoms with E-state index >= 15 is 0 Å². The smallest absolute Gasteiger partial charge is 0.243 e. The first kappa shape index (κ1) is 26.9. The van der Waals surface area contributed by atoms with E-state index in [9.17, 15) is 13.2 Å². The van der Waals surface area contributed by atoms with Gasteiger partial charge < -0.3 is 10.1 Å². The van der Waals surface area contributed by atoms with Gasteiger partial charge in [0.05, 0.1) is 12.0 Å². The lowest BCUT2D eigenvalue weighted by Gasteiger charge is -2.32. The molecule has 0 radical (unpaired) electrons. The third-order valence-electron chi connectivity index (χ3n) is 7.17. The topological polar surface area (TPSA) is 75.7 Å². The minimum Gasteiger partial charge on any atom is -0.497 e. The summed E-state index contributed by atoms with van der Waals surface area (Å²) in [6.45, 7) is 3.30. The van der Waals surface area contributed by atoms with E-state index in [0.29, 0.717) is 18.0 Å². The Labute approximate surface area is 220 Å². The number of rotatable bonds is 10. The zero-order valence-corrected chi connectivity index (χ0v) is 22.4. The monoisotopic (exact) mass is 520 g/mol. The van der Waals surface area contributed by atoms with Crippen LogP contribution in [0, 0.1) is 18.8 Å². The molecular formula is C30H36N2O4S. The first-order valence-corrected chi connectivity index (χ1v) is 14.3. The number of nitrogens with zero attached hydrogens (tertiary/aromatic N) is 1. The van der Waals surface area contributed by atoms with Gasteiger partial charge in [0.15, 0.2) is 0 Å². The van der Waals surface area contributed by atoms with Gasteiger partial charge in [-0.3, -0.25) is 4.79 Å². The molecule has 0 heterocycles. The van der Waals surface area contributed by atoms with Gasteiger partial charge in [0.25, 0.3) is 0 Å². The van der Waals surface area contributed by atoms with Crippen molar-refractivity contribution >= 4 is 15.9 Å². The number of hydrogen-bond acceptors (Lipinski definition) is 4. The van der Waals surface area contributed by atoms with Crippen LogP contribution in [0.25, 0.3) is 0 Å². The summed E-state index contributed by atoms with van der Waals surface area (Å²) in [5.74, 6) is 1.01. The van der Waals surface area contributed by atoms with Crippen LogP contribution in [-0.4, -0.2) is 32.3 Å². The van der Waals surface area contributed by atoms with Crippen molar-refractivity contribution < 1.29 is 17.9 Å². The fraction of sp³-hybridized carbons (Fsp3) is 0.367. The van der Waals surface area contributed by atoms with Crippen molar-refractivity contribution in [2.75, 3.05) is 13.7 Å². The quantitative estimate of drug-likeness (QED) is 0.393. The molecule has 3 aromatic rings. The van der Waals surface area contributed by atoms with Crippen LogP contribution in [0.2, 0.25) is 0 Å². The Morgan fingerprint density at radius 3 is 2.14 bits per heavy atom. The van der Waals surface area contributed by atoms with Crippen LogP contribution in [-0.2, 0) is 27.9 Å². The highest BCUT2D eigenvalue weighted by Gasteiger charge is 2.31. The normalized spacial score (nSPS) is 17.9. The molecule has 4 rings (SSSR count). The van der Waals surface area contributed by atoms with E-state index in [1.807, 2.05) is 61.5 Å². The maximum atomic E-state index is 13.6. The minimum absolute atomic E-state index is 0.0255. The number of sulfonamides is 1. The lowest BCUT2D eigenvalue weighted by molar-refractivity contribution is -0.126. The Morgan fingerprint density at radius 2 is 1.51 bits per heavy atom. The fourth-order valence-electron chi connectivity index (χ4n) is 4.86. The highest BCUT2D eigenvalue weighted by molar-refractivity contribution is 7.89. The Hall–Kier alpha value is -3.16. The Balaban J connectivity index is 1.38. The number of carbonyl (C=O) groups excluding carboxylic acids is 1. The number of ether oxygens (including phenoxy) is 1. The first-order chi connectivity index (χ1) is 17.8. The van der Waals surface area contributed by atoms with Gasteiger partial charge in [-0.1, -0.05) is 60.2 Å². The van der Waals surface area contributed by atoms with Crippen molar-refractivity contribution in [2.24, 2.45) is 11.8 Å². The van der Waals surface area contributed by atoms with Crippen LogP contribution in [0.4, 0.5) is 0 Å². The third-order valence-corrected chi connectivity index (χ3v) is 8.99. The molecule has 1 aliphatic rings. The Morgan fingerprint density at radius 1 is 0.892 bits per heavy atom. The van der Waals surface area contributed by atoms with Gasteiger partial charge in [-0.05, 0) is 73.9 Å². The third kappa shape index (κ3) is 7.21. The summed E-state index contributed by atoms with van der Waals surface area (Å²) in [7, 11) is -2.05. The summed E-state index contributed by atoms with van der Waals surface area (Å²) < 4.78 is 34.0. The predicted molar refractivity (Wildman–Crippen MR) is 146 cm³/mol. The molecule has 0 spiro atoms. The average Bonchev–Trinajstić information content (AvgIpc) is 2.93. The Kier molecular flexibility index (Phi) is 9.00. The molecule has 7 heteroatoms. The average molecular weight is 521 g/mol. The van der Waals surface area contributed by atoms with Gasteiger partial charge in [-0.2, -0.15) is 4.31 Å². The number of nitrogens with one attached hydrogen (secondary N) is 1. The van der Waals surface area contributed by atoms with E-state index in [1.165, 1.54) is 5.56 Å². The Bertz CT molecular complexity index is 1250. The number of carbonyl (C=O) groups is 1. The van der Waals surface area contributed by atoms with Crippen molar-refractivity contribution in [1.82, 2.24) is 9.62 Å². The largest absolute Gasteiger partial charge is 0.497 e. The van der Waals surface area contributed by atoms with Gasteiger partial charge in [0, 0.05) is 25.6 Å². The number of aryl methyl sites for hydroxylation is 1. The van der Waals surface area contributed by atoms with E-state index in [1.54, 1.807) is 35.7 Å². The standard InChI is InChI=1S/C30H36N2O4S/c1-23-8-10-24(11-9-23)20-31-30(33)27-16-12-25(13-17-27)21-32(22-26-14-18-28(36-2)19-15-26)37(34,35)29-6-4-3-5-7-29/h3-11,14-15,18-19,25,27H,12-13,16-17,20-22H2,1-2H3,(H,31,33). The second kappa shape index (κ2) is 12.4. The molecule has 1 saturated carbocycles. The molecule has 1 amide bonds. The minimum atomic E-state index is -3.66. The molecule has 0 saturated heterocycles. The fourth-order valence-corrected chi connectivity index (χ4v) is 6.38. The lowest BCUT2D eigenvalue weighted by Crippen LogP contribution is -2.38. The molecule has 196 valence electrons. The van der Waals surface area contributed by atoms with Crippen LogP contribution in [0.1, 0.15) is 42.4 Å². The van der Waals surface area contributed by atoms with Crippen molar-refractivity contribution in [1.29, 1.82) is 0 Å². The molecule has 0 atom stereocenters. The van der Waals surface area contributed by atoms with E-state index < -0.39 is 10.0 Å². The summed E-state index contributed by atoms with van der Waals surface area (Å²) in [6.07, 6.45) is 3.19. The lowest BCUT2D eigenvalue weighted by atomic mass is 9.81. The van der Waals surface area contributed by atoms with Gasteiger partial charge in [0.1, 0.15) is 5.75 Å². The molecule has 1 aliphatic carbocycles. The summed E-state index contributed by atoms with van der Waals surface area (Å²) in [4.78, 5) is 13.1. The number of amides is 1. The van der Waals surface area contributed by atoms with E-state index in [4.69, 9.17) is 4.74 Å². The van der Waals surface area contributed by atoms with Crippen LogP contribution >= 0.6 is 0 Å². The summed E-state index contributed by atoms with van der Waals surface area (Å²) in [6, 6.07) is 24.3. The molecule has 6 nitrogen and oxygen atoms in total. The van der Waals surface area contributed by atoms with Crippen molar-refractivity contribution in [3.8, 4) is 5.75 Å². The van der Waals surface area contributed by atoms with Crippen molar-refractivity contribution in [2.45, 2.75) is 50.6 Å². The van der Waals surface area contributed by atoms with Gasteiger partial charge in [0.2, 0.25) is 15.9 Å². The van der Waals surface area contributed by atoms with Gasteiger partial charge in [-0.15, -0.1) is 0 Å². The molecule has 0 aliphatic heterocycles. The molecule has 0 unspecified atom stereocenters. The SMILES string of the molecule is COc1ccc(CN(CC2CCC(C(=O)NCc3ccc(C)cc3)CC2)S(=O)(=O)c2ccccc2)cc1. The number of hydrogen-bond donors (Lipinski definition) is 1. The van der Waals surface area contributed by atoms with Crippen LogP contribution < -0.4 is 10.1 Å². The molecule has 0 bridgehead atoms. The molecule has 0 aromatic heterocycles. The van der Waals surface area contributed by atoms with Crippen molar-refractivity contribution in [3.05, 3.63) is 95.6 Å². The zero-order chi connectivity index (χ0) is 26.3. The van der Waals surface area contributed by atoms with Gasteiger partial charge in [-0.25, -0.2) is 8.42 Å². The molecule has 37 heavy (non-hydrogen) atoms. The number of methoxy groups -OCH3 is 1. The highest BCUT2D eigenvalue weighted by atomic mass is 32.2. The maximum Gasteiger partial charge on any atom is 0.243 e. The zero-order valence-electron chi connectivity index (χ0n) is 21.6. The predicted octanol–water partition coefficient (Wildman–Crippen LogP) is 5.32. The second-order valence-electron chi connectivity index (χ2n) is 9.88. The van der Waals surface area contributed by atoms with E-state index in [0.717, 1.165) is 42.6 Å². The number of benzene rings is 3. The second-order valence-corrected chi connectivity index (χ2v) is 11.8. The summed E-state index contributed by atoms with van der Waals surface area (Å²) >= 11 is 0.